The van der Waals surface area contributed by atoms with Crippen LogP contribution in [-0.2, 0) is 9.59 Å². The maximum Gasteiger partial charge on any atom is 0.326 e. The van der Waals surface area contributed by atoms with E-state index < -0.39 is 12.0 Å². The van der Waals surface area contributed by atoms with E-state index in [4.69, 9.17) is 5.11 Å². The van der Waals surface area contributed by atoms with Crippen molar-refractivity contribution in [3.05, 3.63) is 0 Å². The molecular formula is C12H21NO3. The Labute approximate surface area is 96.4 Å². The Kier molecular flexibility index (Phi) is 4.77. The van der Waals surface area contributed by atoms with Crippen molar-refractivity contribution in [1.82, 2.24) is 5.32 Å². The molecular weight excluding hydrogens is 206 g/mol. The summed E-state index contributed by atoms with van der Waals surface area (Å²) in [6, 6.07) is -0.665. The van der Waals surface area contributed by atoms with Crippen LogP contribution < -0.4 is 5.32 Å². The molecule has 1 rings (SSSR count). The molecule has 0 heterocycles. The molecule has 1 saturated carbocycles. The van der Waals surface area contributed by atoms with E-state index in [9.17, 15) is 9.59 Å². The zero-order chi connectivity index (χ0) is 12.1. The van der Waals surface area contributed by atoms with Gasteiger partial charge in [-0.05, 0) is 24.7 Å². The number of aliphatic carboxylic acids is 1. The van der Waals surface area contributed by atoms with E-state index in [1.807, 2.05) is 6.92 Å². The van der Waals surface area contributed by atoms with Crippen molar-refractivity contribution in [3.63, 3.8) is 0 Å². The molecule has 2 unspecified atom stereocenters. The summed E-state index contributed by atoms with van der Waals surface area (Å²) in [5.41, 5.74) is 0. The predicted molar refractivity (Wildman–Crippen MR) is 61.0 cm³/mol. The summed E-state index contributed by atoms with van der Waals surface area (Å²) in [5, 5.41) is 11.6. The van der Waals surface area contributed by atoms with Gasteiger partial charge in [0.2, 0.25) is 5.91 Å². The van der Waals surface area contributed by atoms with Crippen LogP contribution in [0.25, 0.3) is 0 Å². The topological polar surface area (TPSA) is 66.4 Å². The Morgan fingerprint density at radius 2 is 2.06 bits per heavy atom. The summed E-state index contributed by atoms with van der Waals surface area (Å²) >= 11 is 0. The van der Waals surface area contributed by atoms with Crippen LogP contribution in [0.15, 0.2) is 0 Å². The van der Waals surface area contributed by atoms with Crippen LogP contribution in [0.4, 0.5) is 0 Å². The fourth-order valence-electron chi connectivity index (χ4n) is 1.95. The van der Waals surface area contributed by atoms with E-state index in [1.54, 1.807) is 0 Å². The van der Waals surface area contributed by atoms with Gasteiger partial charge >= 0.3 is 5.97 Å². The molecule has 0 aromatic heterocycles. The lowest BCUT2D eigenvalue weighted by Crippen LogP contribution is -2.42. The molecule has 1 aliphatic carbocycles. The molecule has 4 nitrogen and oxygen atoms in total. The third kappa shape index (κ3) is 4.21. The molecule has 2 atom stereocenters. The van der Waals surface area contributed by atoms with Gasteiger partial charge in [-0.3, -0.25) is 4.79 Å². The molecule has 0 bridgehead atoms. The molecule has 4 heteroatoms. The number of nitrogens with one attached hydrogen (secondary N) is 1. The lowest BCUT2D eigenvalue weighted by atomic mass is 10.0. The first-order valence-electron chi connectivity index (χ1n) is 6.06. The number of amides is 1. The van der Waals surface area contributed by atoms with Crippen LogP contribution in [-0.4, -0.2) is 23.0 Å². The normalized spacial score (nSPS) is 18.9. The minimum absolute atomic E-state index is 0.125. The molecule has 1 fully saturated rings. The van der Waals surface area contributed by atoms with Gasteiger partial charge in [0.05, 0.1) is 0 Å². The van der Waals surface area contributed by atoms with Gasteiger partial charge in [-0.1, -0.05) is 26.7 Å². The number of hydrogen-bond donors (Lipinski definition) is 2. The van der Waals surface area contributed by atoms with Crippen molar-refractivity contribution in [3.8, 4) is 0 Å². The number of hydrogen-bond acceptors (Lipinski definition) is 2. The summed E-state index contributed by atoms with van der Waals surface area (Å²) in [5.74, 6) is -0.541. The first-order valence-corrected chi connectivity index (χ1v) is 6.06. The van der Waals surface area contributed by atoms with Crippen molar-refractivity contribution >= 4 is 11.9 Å². The monoisotopic (exact) mass is 227 g/mol. The highest BCUT2D eigenvalue weighted by Crippen LogP contribution is 2.32. The highest BCUT2D eigenvalue weighted by Gasteiger charge is 2.37. The first-order chi connectivity index (χ1) is 7.54. The quantitative estimate of drug-likeness (QED) is 0.697. The van der Waals surface area contributed by atoms with E-state index >= 15 is 0 Å². The van der Waals surface area contributed by atoms with Crippen LogP contribution in [0.1, 0.15) is 46.0 Å². The Morgan fingerprint density at radius 1 is 1.44 bits per heavy atom. The average Bonchev–Trinajstić information content (AvgIpc) is 2.97. The van der Waals surface area contributed by atoms with Crippen LogP contribution in [0.2, 0.25) is 0 Å². The van der Waals surface area contributed by atoms with Gasteiger partial charge in [0.25, 0.3) is 0 Å². The third-order valence-electron chi connectivity index (χ3n) is 2.99. The fraction of sp³-hybridized carbons (Fsp3) is 0.833. The van der Waals surface area contributed by atoms with Gasteiger partial charge in [0.15, 0.2) is 0 Å². The van der Waals surface area contributed by atoms with E-state index in [1.165, 1.54) is 0 Å². The number of carboxylic acid groups (broad SMARTS) is 1. The highest BCUT2D eigenvalue weighted by atomic mass is 16.4. The lowest BCUT2D eigenvalue weighted by Gasteiger charge is -2.15. The van der Waals surface area contributed by atoms with Gasteiger partial charge in [-0.2, -0.15) is 0 Å². The van der Waals surface area contributed by atoms with Gasteiger partial charge in [-0.25, -0.2) is 4.79 Å². The zero-order valence-corrected chi connectivity index (χ0v) is 10.0. The summed E-state index contributed by atoms with van der Waals surface area (Å²) in [4.78, 5) is 22.5. The molecule has 1 amide bonds. The highest BCUT2D eigenvalue weighted by molar-refractivity contribution is 5.84. The summed E-state index contributed by atoms with van der Waals surface area (Å²) in [7, 11) is 0. The van der Waals surface area contributed by atoms with Gasteiger partial charge < -0.3 is 10.4 Å². The number of carboxylic acids is 1. The number of rotatable bonds is 7. The smallest absolute Gasteiger partial charge is 0.326 e. The molecule has 0 radical (unpaired) electrons. The van der Waals surface area contributed by atoms with Crippen molar-refractivity contribution in [2.45, 2.75) is 52.0 Å². The molecule has 0 spiro atoms. The minimum atomic E-state index is -0.904. The fourth-order valence-corrected chi connectivity index (χ4v) is 1.95. The van der Waals surface area contributed by atoms with Crippen LogP contribution in [0, 0.1) is 11.8 Å². The molecule has 0 aromatic rings. The Balaban J connectivity index is 2.33. The molecule has 0 saturated heterocycles. The SMILES string of the molecule is CCCC(C)CC(=O)NC(C(=O)O)C1CC1. The predicted octanol–water partition coefficient (Wildman–Crippen LogP) is 1.79. The first kappa shape index (κ1) is 13.0. The second kappa shape index (κ2) is 5.87. The minimum Gasteiger partial charge on any atom is -0.480 e. The van der Waals surface area contributed by atoms with Crippen LogP contribution in [0.3, 0.4) is 0 Å². The molecule has 0 aromatic carbocycles. The number of carbonyl (C=O) groups excluding carboxylic acids is 1. The van der Waals surface area contributed by atoms with Crippen molar-refractivity contribution in [2.75, 3.05) is 0 Å². The van der Waals surface area contributed by atoms with E-state index in [0.717, 1.165) is 25.7 Å². The molecule has 16 heavy (non-hydrogen) atoms. The van der Waals surface area contributed by atoms with E-state index in [2.05, 4.69) is 12.2 Å². The van der Waals surface area contributed by atoms with E-state index in [-0.39, 0.29) is 11.8 Å². The second-order valence-corrected chi connectivity index (χ2v) is 4.82. The maximum atomic E-state index is 11.6. The van der Waals surface area contributed by atoms with Gasteiger partial charge in [0.1, 0.15) is 6.04 Å². The average molecular weight is 227 g/mol. The second-order valence-electron chi connectivity index (χ2n) is 4.82. The van der Waals surface area contributed by atoms with Crippen molar-refractivity contribution < 1.29 is 14.7 Å². The number of carbonyl (C=O) groups is 2. The Bertz CT molecular complexity index is 261. The van der Waals surface area contributed by atoms with Crippen LogP contribution >= 0.6 is 0 Å². The standard InChI is InChI=1S/C12H21NO3/c1-3-4-8(2)7-10(14)13-11(12(15)16)9-5-6-9/h8-9,11H,3-7H2,1-2H3,(H,13,14)(H,15,16). The maximum absolute atomic E-state index is 11.6. The van der Waals surface area contributed by atoms with E-state index in [0.29, 0.717) is 12.3 Å². The Hall–Kier alpha value is -1.06. The molecule has 1 aliphatic rings. The van der Waals surface area contributed by atoms with Crippen molar-refractivity contribution in [2.24, 2.45) is 11.8 Å². The summed E-state index contributed by atoms with van der Waals surface area (Å²) in [6.45, 7) is 4.11. The van der Waals surface area contributed by atoms with Gasteiger partial charge in [-0.15, -0.1) is 0 Å². The Morgan fingerprint density at radius 3 is 2.50 bits per heavy atom. The third-order valence-corrected chi connectivity index (χ3v) is 2.99. The molecule has 92 valence electrons. The molecule has 2 N–H and O–H groups in total. The van der Waals surface area contributed by atoms with Crippen LogP contribution in [0.5, 0.6) is 0 Å². The van der Waals surface area contributed by atoms with Crippen molar-refractivity contribution in [1.29, 1.82) is 0 Å². The summed E-state index contributed by atoms with van der Waals surface area (Å²) in [6.07, 6.45) is 4.34. The zero-order valence-electron chi connectivity index (χ0n) is 10.0. The largest absolute Gasteiger partial charge is 0.480 e. The summed E-state index contributed by atoms with van der Waals surface area (Å²) < 4.78 is 0. The van der Waals surface area contributed by atoms with Gasteiger partial charge in [0, 0.05) is 6.42 Å². The molecule has 0 aliphatic heterocycles. The lowest BCUT2D eigenvalue weighted by molar-refractivity contribution is -0.142.